The van der Waals surface area contributed by atoms with Gasteiger partial charge in [0.2, 0.25) is 0 Å². The highest BCUT2D eigenvalue weighted by Gasteiger charge is 2.30. The number of aliphatic carboxylic acids is 1. The summed E-state index contributed by atoms with van der Waals surface area (Å²) in [4.78, 5) is 23.6. The molecule has 2 N–H and O–H groups in total. The van der Waals surface area contributed by atoms with Crippen LogP contribution in [0.1, 0.15) is 35.4 Å². The number of carboxylic acid groups (broad SMARTS) is 1. The third-order valence-corrected chi connectivity index (χ3v) is 4.78. The minimum absolute atomic E-state index is 0.0330. The topological polar surface area (TPSA) is 66.4 Å². The van der Waals surface area contributed by atoms with Crippen LogP contribution in [0, 0.1) is 11.8 Å². The Labute approximate surface area is 120 Å². The lowest BCUT2D eigenvalue weighted by molar-refractivity contribution is -0.144. The van der Waals surface area contributed by atoms with E-state index < -0.39 is 5.97 Å². The van der Waals surface area contributed by atoms with Crippen LogP contribution in [0.3, 0.4) is 0 Å². The molecule has 0 spiro atoms. The molecule has 2 atom stereocenters. The van der Waals surface area contributed by atoms with Crippen molar-refractivity contribution in [2.75, 3.05) is 6.54 Å². The molecule has 104 valence electrons. The first-order valence-electron chi connectivity index (χ1n) is 6.34. The van der Waals surface area contributed by atoms with Crippen molar-refractivity contribution in [3.8, 4) is 0 Å². The highest BCUT2D eigenvalue weighted by atomic mass is 35.5. The van der Waals surface area contributed by atoms with Crippen LogP contribution in [0.25, 0.3) is 0 Å². The summed E-state index contributed by atoms with van der Waals surface area (Å²) in [5.41, 5.74) is 0. The zero-order valence-corrected chi connectivity index (χ0v) is 12.0. The molecule has 2 unspecified atom stereocenters. The number of hydrogen-bond donors (Lipinski definition) is 2. The van der Waals surface area contributed by atoms with E-state index in [1.54, 1.807) is 12.1 Å². The summed E-state index contributed by atoms with van der Waals surface area (Å²) in [6.45, 7) is 0.422. The number of rotatable bonds is 4. The van der Waals surface area contributed by atoms with Crippen LogP contribution in [-0.2, 0) is 4.79 Å². The van der Waals surface area contributed by atoms with E-state index in [9.17, 15) is 9.59 Å². The summed E-state index contributed by atoms with van der Waals surface area (Å²) in [5.74, 6) is -1.23. The first-order chi connectivity index (χ1) is 9.08. The van der Waals surface area contributed by atoms with E-state index in [4.69, 9.17) is 16.7 Å². The van der Waals surface area contributed by atoms with Crippen LogP contribution >= 0.6 is 22.9 Å². The summed E-state index contributed by atoms with van der Waals surface area (Å²) >= 11 is 7.01. The fourth-order valence-corrected chi connectivity index (χ4v) is 3.48. The fourth-order valence-electron chi connectivity index (χ4n) is 2.52. The number of carbonyl (C=O) groups is 2. The van der Waals surface area contributed by atoms with Gasteiger partial charge >= 0.3 is 5.97 Å². The largest absolute Gasteiger partial charge is 0.481 e. The third-order valence-electron chi connectivity index (χ3n) is 3.55. The highest BCUT2D eigenvalue weighted by Crippen LogP contribution is 2.30. The van der Waals surface area contributed by atoms with Crippen LogP contribution in [0.4, 0.5) is 0 Å². The van der Waals surface area contributed by atoms with Gasteiger partial charge in [-0.2, -0.15) is 0 Å². The maximum atomic E-state index is 11.9. The Morgan fingerprint density at radius 3 is 2.74 bits per heavy atom. The molecule has 1 amide bonds. The Kier molecular flexibility index (Phi) is 4.82. The molecule has 4 nitrogen and oxygen atoms in total. The van der Waals surface area contributed by atoms with E-state index in [-0.39, 0.29) is 17.7 Å². The maximum absolute atomic E-state index is 11.9. The third kappa shape index (κ3) is 3.70. The molecule has 1 saturated carbocycles. The second kappa shape index (κ2) is 6.39. The molecule has 1 aromatic heterocycles. The SMILES string of the molecule is O=C(NCC1CCCCC1C(=O)O)c1ccc(Cl)s1. The van der Waals surface area contributed by atoms with Crippen molar-refractivity contribution in [1.82, 2.24) is 5.32 Å². The van der Waals surface area contributed by atoms with Crippen molar-refractivity contribution < 1.29 is 14.7 Å². The van der Waals surface area contributed by atoms with Crippen LogP contribution in [0.15, 0.2) is 12.1 Å². The van der Waals surface area contributed by atoms with E-state index >= 15 is 0 Å². The zero-order chi connectivity index (χ0) is 13.8. The van der Waals surface area contributed by atoms with E-state index in [1.807, 2.05) is 0 Å². The number of thiophene rings is 1. The molecule has 6 heteroatoms. The second-order valence-electron chi connectivity index (χ2n) is 4.80. The van der Waals surface area contributed by atoms with E-state index in [1.165, 1.54) is 11.3 Å². The summed E-state index contributed by atoms with van der Waals surface area (Å²) in [5, 5.41) is 12.0. The van der Waals surface area contributed by atoms with Gasteiger partial charge in [-0.15, -0.1) is 11.3 Å². The van der Waals surface area contributed by atoms with Crippen molar-refractivity contribution >= 4 is 34.8 Å². The van der Waals surface area contributed by atoms with Gasteiger partial charge in [-0.25, -0.2) is 0 Å². The smallest absolute Gasteiger partial charge is 0.306 e. The molecule has 1 aliphatic carbocycles. The van der Waals surface area contributed by atoms with Gasteiger partial charge in [0.25, 0.3) is 5.91 Å². The molecule has 1 aromatic rings. The molecular formula is C13H16ClNO3S. The molecule has 0 saturated heterocycles. The summed E-state index contributed by atoms with van der Waals surface area (Å²) in [6, 6.07) is 3.36. The molecule has 0 radical (unpaired) electrons. The number of nitrogens with one attached hydrogen (secondary N) is 1. The van der Waals surface area contributed by atoms with Crippen molar-refractivity contribution in [3.63, 3.8) is 0 Å². The van der Waals surface area contributed by atoms with Crippen LogP contribution in [-0.4, -0.2) is 23.5 Å². The first-order valence-corrected chi connectivity index (χ1v) is 7.53. The molecular weight excluding hydrogens is 286 g/mol. The molecule has 0 aliphatic heterocycles. The van der Waals surface area contributed by atoms with Crippen molar-refractivity contribution in [3.05, 3.63) is 21.3 Å². The van der Waals surface area contributed by atoms with Gasteiger partial charge in [-0.3, -0.25) is 9.59 Å². The Hall–Kier alpha value is -1.07. The number of carboxylic acids is 1. The van der Waals surface area contributed by atoms with Gasteiger partial charge in [0.15, 0.2) is 0 Å². The van der Waals surface area contributed by atoms with Crippen molar-refractivity contribution in [2.45, 2.75) is 25.7 Å². The quantitative estimate of drug-likeness (QED) is 0.898. The second-order valence-corrected chi connectivity index (χ2v) is 6.52. The average molecular weight is 302 g/mol. The van der Waals surface area contributed by atoms with Gasteiger partial charge in [-0.05, 0) is 30.9 Å². The molecule has 0 aromatic carbocycles. The highest BCUT2D eigenvalue weighted by molar-refractivity contribution is 7.17. The van der Waals surface area contributed by atoms with Gasteiger partial charge in [0.05, 0.1) is 15.1 Å². The monoisotopic (exact) mass is 301 g/mol. The molecule has 1 heterocycles. The molecule has 2 rings (SSSR count). The minimum Gasteiger partial charge on any atom is -0.481 e. The fraction of sp³-hybridized carbons (Fsp3) is 0.538. The zero-order valence-electron chi connectivity index (χ0n) is 10.4. The van der Waals surface area contributed by atoms with Crippen LogP contribution in [0.5, 0.6) is 0 Å². The predicted molar refractivity (Wildman–Crippen MR) is 74.7 cm³/mol. The van der Waals surface area contributed by atoms with Gasteiger partial charge in [0, 0.05) is 6.54 Å². The van der Waals surface area contributed by atoms with Gasteiger partial charge in [0.1, 0.15) is 0 Å². The number of halogens is 1. The minimum atomic E-state index is -0.752. The predicted octanol–water partition coefficient (Wildman–Crippen LogP) is 3.02. The summed E-state index contributed by atoms with van der Waals surface area (Å²) in [7, 11) is 0. The Morgan fingerprint density at radius 2 is 2.11 bits per heavy atom. The Morgan fingerprint density at radius 1 is 1.37 bits per heavy atom. The Balaban J connectivity index is 1.90. The molecule has 0 bridgehead atoms. The summed E-state index contributed by atoms with van der Waals surface area (Å²) < 4.78 is 0.575. The van der Waals surface area contributed by atoms with E-state index in [2.05, 4.69) is 5.32 Å². The van der Waals surface area contributed by atoms with Gasteiger partial charge < -0.3 is 10.4 Å². The normalized spacial score (nSPS) is 23.0. The van der Waals surface area contributed by atoms with E-state index in [0.29, 0.717) is 22.2 Å². The van der Waals surface area contributed by atoms with Gasteiger partial charge in [-0.1, -0.05) is 24.4 Å². The lowest BCUT2D eigenvalue weighted by atomic mass is 9.79. The molecule has 1 aliphatic rings. The first kappa shape index (κ1) is 14.3. The standard InChI is InChI=1S/C13H16ClNO3S/c14-11-6-5-10(19-11)12(16)15-7-8-3-1-2-4-9(8)13(17)18/h5-6,8-9H,1-4,7H2,(H,15,16)(H,17,18). The average Bonchev–Trinajstić information content (AvgIpc) is 2.83. The van der Waals surface area contributed by atoms with E-state index in [0.717, 1.165) is 19.3 Å². The van der Waals surface area contributed by atoms with Crippen molar-refractivity contribution in [1.29, 1.82) is 0 Å². The number of amides is 1. The summed E-state index contributed by atoms with van der Waals surface area (Å²) in [6.07, 6.45) is 3.57. The Bertz CT molecular complexity index is 474. The lowest BCUT2D eigenvalue weighted by Crippen LogP contribution is -2.37. The number of hydrogen-bond acceptors (Lipinski definition) is 3. The van der Waals surface area contributed by atoms with Crippen molar-refractivity contribution in [2.24, 2.45) is 11.8 Å². The maximum Gasteiger partial charge on any atom is 0.306 e. The lowest BCUT2D eigenvalue weighted by Gasteiger charge is -2.28. The van der Waals surface area contributed by atoms with Crippen LogP contribution in [0.2, 0.25) is 4.34 Å². The van der Waals surface area contributed by atoms with Crippen LogP contribution < -0.4 is 5.32 Å². The number of carbonyl (C=O) groups excluding carboxylic acids is 1. The molecule has 19 heavy (non-hydrogen) atoms. The molecule has 1 fully saturated rings.